The molecule has 1 unspecified atom stereocenters. The zero-order valence-corrected chi connectivity index (χ0v) is 16.7. The number of nitrogens with zero attached hydrogens (tertiary/aromatic N) is 2. The maximum absolute atomic E-state index is 13.4. The number of likely N-dealkylation sites (tertiary alicyclic amines) is 1. The van der Waals surface area contributed by atoms with Gasteiger partial charge in [0, 0.05) is 36.5 Å². The number of benzene rings is 2. The molecule has 0 N–H and O–H groups in total. The fourth-order valence-corrected chi connectivity index (χ4v) is 4.76. The zero-order chi connectivity index (χ0) is 19.6. The van der Waals surface area contributed by atoms with Crippen LogP contribution in [0.1, 0.15) is 48.8 Å². The van der Waals surface area contributed by atoms with E-state index < -0.39 is 0 Å². The van der Waals surface area contributed by atoms with Crippen LogP contribution in [0.25, 0.3) is 11.1 Å². The summed E-state index contributed by atoms with van der Waals surface area (Å²) in [5.41, 5.74) is 6.66. The van der Waals surface area contributed by atoms with Crippen LogP contribution in [-0.4, -0.2) is 29.6 Å². The molecule has 2 heterocycles. The Labute approximate surface area is 172 Å². The number of carbonyl (C=O) groups is 1. The van der Waals surface area contributed by atoms with E-state index in [2.05, 4.69) is 48.5 Å². The van der Waals surface area contributed by atoms with Crippen molar-refractivity contribution in [2.45, 2.75) is 32.1 Å². The molecule has 146 valence electrons. The second-order valence-electron chi connectivity index (χ2n) is 8.15. The summed E-state index contributed by atoms with van der Waals surface area (Å²) in [4.78, 5) is 20.3. The molecule has 1 amide bonds. The van der Waals surface area contributed by atoms with E-state index in [1.165, 1.54) is 23.1 Å². The van der Waals surface area contributed by atoms with Crippen molar-refractivity contribution in [1.29, 1.82) is 0 Å². The lowest BCUT2D eigenvalue weighted by Gasteiger charge is -2.31. The number of amides is 1. The highest BCUT2D eigenvalue weighted by molar-refractivity contribution is 6.22. The molecule has 0 aromatic heterocycles. The van der Waals surface area contributed by atoms with Gasteiger partial charge in [0.15, 0.2) is 0 Å². The maximum Gasteiger partial charge on any atom is 0.254 e. The molecule has 0 bridgehead atoms. The van der Waals surface area contributed by atoms with Crippen molar-refractivity contribution < 1.29 is 4.79 Å². The van der Waals surface area contributed by atoms with Crippen LogP contribution < -0.4 is 0 Å². The first-order chi connectivity index (χ1) is 14.3. The van der Waals surface area contributed by atoms with E-state index in [4.69, 9.17) is 4.99 Å². The first kappa shape index (κ1) is 18.1. The first-order valence-corrected chi connectivity index (χ1v) is 10.7. The number of carbonyl (C=O) groups excluding carboxylic acids is 1. The number of piperidine rings is 1. The number of hydrogen-bond acceptors (Lipinski definition) is 2. The molecule has 3 heteroatoms. The molecule has 1 saturated heterocycles. The molecular weight excluding hydrogens is 356 g/mol. The molecule has 0 radical (unpaired) electrons. The van der Waals surface area contributed by atoms with Gasteiger partial charge in [0.25, 0.3) is 5.91 Å². The van der Waals surface area contributed by atoms with Gasteiger partial charge in [-0.05, 0) is 54.4 Å². The van der Waals surface area contributed by atoms with E-state index in [1.807, 2.05) is 23.2 Å². The Morgan fingerprint density at radius 1 is 0.897 bits per heavy atom. The van der Waals surface area contributed by atoms with Crippen molar-refractivity contribution in [3.63, 3.8) is 0 Å². The smallest absolute Gasteiger partial charge is 0.254 e. The van der Waals surface area contributed by atoms with Crippen LogP contribution in [0.4, 0.5) is 0 Å². The zero-order valence-electron chi connectivity index (χ0n) is 16.7. The molecule has 2 aromatic rings. The quantitative estimate of drug-likeness (QED) is 0.690. The molecule has 5 rings (SSSR count). The molecule has 2 aromatic carbocycles. The average molecular weight is 383 g/mol. The van der Waals surface area contributed by atoms with Crippen molar-refractivity contribution in [3.05, 3.63) is 83.6 Å². The summed E-state index contributed by atoms with van der Waals surface area (Å²) < 4.78 is 0. The van der Waals surface area contributed by atoms with Crippen LogP contribution in [0.2, 0.25) is 0 Å². The minimum Gasteiger partial charge on any atom is -0.339 e. The number of hydrogen-bond donors (Lipinski definition) is 0. The van der Waals surface area contributed by atoms with Gasteiger partial charge >= 0.3 is 0 Å². The normalized spacial score (nSPS) is 21.2. The molecule has 0 spiro atoms. The largest absolute Gasteiger partial charge is 0.339 e. The van der Waals surface area contributed by atoms with Gasteiger partial charge in [0.2, 0.25) is 0 Å². The molecular formula is C26H26N2O. The lowest BCUT2D eigenvalue weighted by molar-refractivity contribution is -0.125. The van der Waals surface area contributed by atoms with Gasteiger partial charge < -0.3 is 4.90 Å². The van der Waals surface area contributed by atoms with Gasteiger partial charge in [-0.25, -0.2) is 0 Å². The summed E-state index contributed by atoms with van der Waals surface area (Å²) in [5.74, 6) is 0.434. The molecule has 1 fully saturated rings. The van der Waals surface area contributed by atoms with E-state index in [0.29, 0.717) is 0 Å². The highest BCUT2D eigenvalue weighted by Gasteiger charge is 2.31. The lowest BCUT2D eigenvalue weighted by Crippen LogP contribution is -2.36. The Morgan fingerprint density at radius 3 is 2.41 bits per heavy atom. The Kier molecular flexibility index (Phi) is 4.89. The van der Waals surface area contributed by atoms with Crippen molar-refractivity contribution in [2.24, 2.45) is 10.9 Å². The minimum atomic E-state index is 0.199. The van der Waals surface area contributed by atoms with Crippen LogP contribution in [-0.2, 0) is 4.79 Å². The van der Waals surface area contributed by atoms with Gasteiger partial charge in [-0.1, -0.05) is 60.7 Å². The van der Waals surface area contributed by atoms with Crippen molar-refractivity contribution in [1.82, 2.24) is 4.90 Å². The Morgan fingerprint density at radius 2 is 1.62 bits per heavy atom. The number of allylic oxidation sites excluding steroid dienone is 2. The van der Waals surface area contributed by atoms with Crippen LogP contribution >= 0.6 is 0 Å². The summed E-state index contributed by atoms with van der Waals surface area (Å²) in [6.45, 7) is 1.76. The molecule has 2 aliphatic heterocycles. The highest BCUT2D eigenvalue weighted by atomic mass is 16.2. The summed E-state index contributed by atoms with van der Waals surface area (Å²) in [5, 5.41) is 0. The predicted molar refractivity (Wildman–Crippen MR) is 119 cm³/mol. The second kappa shape index (κ2) is 7.82. The topological polar surface area (TPSA) is 32.7 Å². The van der Waals surface area contributed by atoms with Crippen LogP contribution in [0.3, 0.4) is 0 Å². The van der Waals surface area contributed by atoms with Crippen molar-refractivity contribution >= 4 is 22.8 Å². The third-order valence-electron chi connectivity index (χ3n) is 6.33. The van der Waals surface area contributed by atoms with Gasteiger partial charge in [-0.3, -0.25) is 9.79 Å². The highest BCUT2D eigenvalue weighted by Crippen LogP contribution is 2.41. The number of rotatable bonds is 2. The van der Waals surface area contributed by atoms with E-state index in [1.54, 1.807) is 0 Å². The van der Waals surface area contributed by atoms with E-state index in [-0.39, 0.29) is 11.8 Å². The van der Waals surface area contributed by atoms with E-state index >= 15 is 0 Å². The number of fused-ring (bicyclic) bond motifs is 3. The average Bonchev–Trinajstić information content (AvgIpc) is 3.02. The number of aliphatic imine (C=N–C) groups is 1. The molecule has 3 nitrogen and oxygen atoms in total. The maximum atomic E-state index is 13.4. The van der Waals surface area contributed by atoms with E-state index in [9.17, 15) is 4.79 Å². The fraction of sp³-hybridized carbons (Fsp3) is 0.308. The van der Waals surface area contributed by atoms with Crippen molar-refractivity contribution in [3.8, 4) is 0 Å². The first-order valence-electron chi connectivity index (χ1n) is 10.7. The molecule has 1 aliphatic carbocycles. The molecule has 1 atom stereocenters. The Bertz CT molecular complexity index is 1010. The van der Waals surface area contributed by atoms with Gasteiger partial charge in [0.1, 0.15) is 0 Å². The monoisotopic (exact) mass is 382 g/mol. The summed E-state index contributed by atoms with van der Waals surface area (Å²) in [6.07, 6.45) is 9.61. The lowest BCUT2D eigenvalue weighted by atomic mass is 9.78. The third kappa shape index (κ3) is 3.46. The van der Waals surface area contributed by atoms with Crippen LogP contribution in [0.5, 0.6) is 0 Å². The summed E-state index contributed by atoms with van der Waals surface area (Å²) >= 11 is 0. The predicted octanol–water partition coefficient (Wildman–Crippen LogP) is 5.34. The van der Waals surface area contributed by atoms with Gasteiger partial charge in [0.05, 0.1) is 0 Å². The molecule has 29 heavy (non-hydrogen) atoms. The summed E-state index contributed by atoms with van der Waals surface area (Å²) in [7, 11) is 0. The third-order valence-corrected chi connectivity index (χ3v) is 6.33. The summed E-state index contributed by atoms with van der Waals surface area (Å²) in [6, 6.07) is 18.8. The molecule has 3 aliphatic rings. The van der Waals surface area contributed by atoms with Gasteiger partial charge in [-0.15, -0.1) is 0 Å². The van der Waals surface area contributed by atoms with Crippen LogP contribution in [0.15, 0.2) is 71.9 Å². The SMILES string of the molecule is O=C(C1=CC2CCC(c3ccccc3)=NC=C2c2ccccc21)N1CCCCC1. The van der Waals surface area contributed by atoms with E-state index in [0.717, 1.165) is 55.6 Å². The minimum absolute atomic E-state index is 0.199. The Hall–Kier alpha value is -2.94. The van der Waals surface area contributed by atoms with Crippen molar-refractivity contribution in [2.75, 3.05) is 13.1 Å². The standard InChI is InChI=1S/C26H26N2O/c29-26(28-15-7-2-8-16-28)23-17-20-13-14-25(19-9-3-1-4-10-19)27-18-24(20)22-12-6-5-11-21(22)23/h1,3-6,9-12,17-18,20H,2,7-8,13-16H2. The Balaban J connectivity index is 1.52. The van der Waals surface area contributed by atoms with Crippen LogP contribution in [0, 0.1) is 5.92 Å². The second-order valence-corrected chi connectivity index (χ2v) is 8.15. The molecule has 0 saturated carbocycles. The van der Waals surface area contributed by atoms with Gasteiger partial charge in [-0.2, -0.15) is 0 Å². The fourth-order valence-electron chi connectivity index (χ4n) is 4.76.